The maximum Gasteiger partial charge on any atom is 0.162 e. The van der Waals surface area contributed by atoms with Gasteiger partial charge in [0, 0.05) is 18.2 Å². The first-order valence-electron chi connectivity index (χ1n) is 4.04. The van der Waals surface area contributed by atoms with E-state index >= 15 is 0 Å². The first-order valence-corrected chi connectivity index (χ1v) is 4.04. The molecule has 0 fully saturated rings. The number of hydrogen-bond acceptors (Lipinski definition) is 4. The largest absolute Gasteiger partial charge is 0.504 e. The summed E-state index contributed by atoms with van der Waals surface area (Å²) < 4.78 is 0. The molecule has 0 saturated heterocycles. The van der Waals surface area contributed by atoms with E-state index in [0.29, 0.717) is 12.0 Å². The third kappa shape index (κ3) is 2.11. The first kappa shape index (κ1) is 9.83. The fraction of sp³-hybridized carbons (Fsp3) is 0.333. The van der Waals surface area contributed by atoms with E-state index in [1.165, 1.54) is 6.07 Å². The topological polar surface area (TPSA) is 86.7 Å². The van der Waals surface area contributed by atoms with Crippen molar-refractivity contribution in [2.75, 3.05) is 6.61 Å². The molecule has 4 heteroatoms. The highest BCUT2D eigenvalue weighted by Crippen LogP contribution is 2.32. The summed E-state index contributed by atoms with van der Waals surface area (Å²) in [6.45, 7) is -0.0454. The molecule has 0 amide bonds. The highest BCUT2D eigenvalue weighted by molar-refractivity contribution is 5.45. The fourth-order valence-corrected chi connectivity index (χ4v) is 1.14. The van der Waals surface area contributed by atoms with Crippen LogP contribution in [0.25, 0.3) is 0 Å². The lowest BCUT2D eigenvalue weighted by atomic mass is 10.0. The zero-order chi connectivity index (χ0) is 9.84. The van der Waals surface area contributed by atoms with Gasteiger partial charge in [0.05, 0.1) is 0 Å². The lowest BCUT2D eigenvalue weighted by molar-refractivity contribution is 0.275. The van der Waals surface area contributed by atoms with Gasteiger partial charge in [-0.05, 0) is 12.5 Å². The Labute approximate surface area is 76.2 Å². The molecule has 4 nitrogen and oxygen atoms in total. The van der Waals surface area contributed by atoms with Crippen LogP contribution in [0.15, 0.2) is 18.2 Å². The highest BCUT2D eigenvalue weighted by Gasteiger charge is 2.12. The summed E-state index contributed by atoms with van der Waals surface area (Å²) in [4.78, 5) is 0. The summed E-state index contributed by atoms with van der Waals surface area (Å²) in [5, 5.41) is 27.2. The van der Waals surface area contributed by atoms with Gasteiger partial charge in [0.1, 0.15) is 0 Å². The van der Waals surface area contributed by atoms with Crippen LogP contribution in [0.1, 0.15) is 18.0 Å². The second kappa shape index (κ2) is 4.11. The molecule has 1 unspecified atom stereocenters. The van der Waals surface area contributed by atoms with Crippen molar-refractivity contribution in [3.63, 3.8) is 0 Å². The number of phenolic OH excluding ortho intramolecular Hbond substituents is 2. The molecule has 1 atom stereocenters. The molecular weight excluding hydrogens is 170 g/mol. The average molecular weight is 183 g/mol. The molecule has 1 aromatic rings. The molecule has 72 valence electrons. The zero-order valence-electron chi connectivity index (χ0n) is 7.14. The van der Waals surface area contributed by atoms with Gasteiger partial charge >= 0.3 is 0 Å². The Bertz CT molecular complexity index is 288. The number of rotatable bonds is 3. The predicted octanol–water partition coefficient (Wildman–Crippen LogP) is 0.480. The van der Waals surface area contributed by atoms with Crippen molar-refractivity contribution in [1.82, 2.24) is 0 Å². The summed E-state index contributed by atoms with van der Waals surface area (Å²) in [6, 6.07) is 4.15. The standard InChI is InChI=1S/C9H13NO3/c10-7(4-5-11)6-2-1-3-8(12)9(6)13/h1-3,7,11-13H,4-5,10H2. The smallest absolute Gasteiger partial charge is 0.162 e. The Morgan fingerprint density at radius 2 is 2.00 bits per heavy atom. The van der Waals surface area contributed by atoms with Gasteiger partial charge in [-0.1, -0.05) is 12.1 Å². The molecule has 0 radical (unpaired) electrons. The maximum absolute atomic E-state index is 9.38. The molecule has 0 aliphatic rings. The van der Waals surface area contributed by atoms with E-state index in [1.807, 2.05) is 0 Å². The van der Waals surface area contributed by atoms with Crippen LogP contribution in [0.5, 0.6) is 11.5 Å². The van der Waals surface area contributed by atoms with Crippen molar-refractivity contribution in [2.24, 2.45) is 5.73 Å². The van der Waals surface area contributed by atoms with E-state index in [2.05, 4.69) is 0 Å². The van der Waals surface area contributed by atoms with E-state index in [1.54, 1.807) is 12.1 Å². The van der Waals surface area contributed by atoms with Gasteiger partial charge in [-0.3, -0.25) is 0 Å². The number of benzene rings is 1. The van der Waals surface area contributed by atoms with Crippen LogP contribution >= 0.6 is 0 Å². The molecular formula is C9H13NO3. The molecule has 1 rings (SSSR count). The molecule has 0 bridgehead atoms. The van der Waals surface area contributed by atoms with Crippen molar-refractivity contribution >= 4 is 0 Å². The number of aliphatic hydroxyl groups excluding tert-OH is 1. The third-order valence-electron chi connectivity index (χ3n) is 1.89. The van der Waals surface area contributed by atoms with Gasteiger partial charge in [0.15, 0.2) is 11.5 Å². The maximum atomic E-state index is 9.38. The van der Waals surface area contributed by atoms with Gasteiger partial charge in [-0.15, -0.1) is 0 Å². The van der Waals surface area contributed by atoms with Crippen molar-refractivity contribution in [1.29, 1.82) is 0 Å². The van der Waals surface area contributed by atoms with Crippen molar-refractivity contribution in [3.05, 3.63) is 23.8 Å². The van der Waals surface area contributed by atoms with Crippen molar-refractivity contribution < 1.29 is 15.3 Å². The summed E-state index contributed by atoms with van der Waals surface area (Å²) in [6.07, 6.45) is 0.358. The number of nitrogens with two attached hydrogens (primary N) is 1. The molecule has 0 saturated carbocycles. The van der Waals surface area contributed by atoms with E-state index in [9.17, 15) is 5.11 Å². The molecule has 0 spiro atoms. The van der Waals surface area contributed by atoms with Crippen molar-refractivity contribution in [2.45, 2.75) is 12.5 Å². The lowest BCUT2D eigenvalue weighted by Gasteiger charge is -2.12. The van der Waals surface area contributed by atoms with Crippen LogP contribution < -0.4 is 5.73 Å². The fourth-order valence-electron chi connectivity index (χ4n) is 1.14. The molecule has 13 heavy (non-hydrogen) atoms. The second-order valence-electron chi connectivity index (χ2n) is 2.83. The summed E-state index contributed by atoms with van der Waals surface area (Å²) >= 11 is 0. The second-order valence-corrected chi connectivity index (χ2v) is 2.83. The summed E-state index contributed by atoms with van der Waals surface area (Å²) in [5.74, 6) is -0.394. The van der Waals surface area contributed by atoms with Crippen LogP contribution in [-0.4, -0.2) is 21.9 Å². The summed E-state index contributed by atoms with van der Waals surface area (Å²) in [5.41, 5.74) is 6.10. The van der Waals surface area contributed by atoms with E-state index < -0.39 is 6.04 Å². The van der Waals surface area contributed by atoms with Gasteiger partial charge in [0.25, 0.3) is 0 Å². The number of aliphatic hydroxyl groups is 1. The van der Waals surface area contributed by atoms with Crippen LogP contribution in [0.4, 0.5) is 0 Å². The zero-order valence-corrected chi connectivity index (χ0v) is 7.14. The number of aromatic hydroxyl groups is 2. The van der Waals surface area contributed by atoms with Gasteiger partial charge < -0.3 is 21.1 Å². The molecule has 0 aromatic heterocycles. The highest BCUT2D eigenvalue weighted by atomic mass is 16.3. The SMILES string of the molecule is NC(CCO)c1cccc(O)c1O. The van der Waals surface area contributed by atoms with E-state index in [-0.39, 0.29) is 18.1 Å². The number of hydrogen-bond donors (Lipinski definition) is 4. The molecule has 5 N–H and O–H groups in total. The molecule has 0 heterocycles. The number of para-hydroxylation sites is 1. The van der Waals surface area contributed by atoms with Gasteiger partial charge in [0.2, 0.25) is 0 Å². The predicted molar refractivity (Wildman–Crippen MR) is 48.4 cm³/mol. The minimum absolute atomic E-state index is 0.0454. The lowest BCUT2D eigenvalue weighted by Crippen LogP contribution is -2.11. The minimum Gasteiger partial charge on any atom is -0.504 e. The monoisotopic (exact) mass is 183 g/mol. The Kier molecular flexibility index (Phi) is 3.11. The van der Waals surface area contributed by atoms with Crippen LogP contribution in [-0.2, 0) is 0 Å². The Hall–Kier alpha value is -1.26. The normalized spacial score (nSPS) is 12.8. The van der Waals surface area contributed by atoms with Crippen LogP contribution in [0, 0.1) is 0 Å². The van der Waals surface area contributed by atoms with Crippen molar-refractivity contribution in [3.8, 4) is 11.5 Å². The van der Waals surface area contributed by atoms with E-state index in [0.717, 1.165) is 0 Å². The summed E-state index contributed by atoms with van der Waals surface area (Å²) in [7, 11) is 0. The Morgan fingerprint density at radius 1 is 1.31 bits per heavy atom. The Balaban J connectivity index is 2.93. The number of phenols is 2. The van der Waals surface area contributed by atoms with Crippen LogP contribution in [0.2, 0.25) is 0 Å². The van der Waals surface area contributed by atoms with Gasteiger partial charge in [-0.25, -0.2) is 0 Å². The van der Waals surface area contributed by atoms with E-state index in [4.69, 9.17) is 15.9 Å². The average Bonchev–Trinajstić information content (AvgIpc) is 2.10. The quantitative estimate of drug-likeness (QED) is 0.513. The van der Waals surface area contributed by atoms with Gasteiger partial charge in [-0.2, -0.15) is 0 Å². The molecule has 0 aliphatic carbocycles. The first-order chi connectivity index (χ1) is 6.16. The Morgan fingerprint density at radius 3 is 2.62 bits per heavy atom. The van der Waals surface area contributed by atoms with Crippen LogP contribution in [0.3, 0.4) is 0 Å². The third-order valence-corrected chi connectivity index (χ3v) is 1.89. The molecule has 0 aliphatic heterocycles. The minimum atomic E-state index is -0.447. The molecule has 1 aromatic carbocycles.